The van der Waals surface area contributed by atoms with Crippen LogP contribution in [0.1, 0.15) is 11.3 Å². The molecule has 0 aliphatic rings. The zero-order valence-corrected chi connectivity index (χ0v) is 13.2. The van der Waals surface area contributed by atoms with Gasteiger partial charge < -0.3 is 4.74 Å². The fourth-order valence-electron chi connectivity index (χ4n) is 2.53. The summed E-state index contributed by atoms with van der Waals surface area (Å²) in [5.41, 5.74) is 3.05. The Morgan fingerprint density at radius 1 is 1.04 bits per heavy atom. The molecule has 4 aromatic rings. The van der Waals surface area contributed by atoms with Gasteiger partial charge in [0.25, 0.3) is 0 Å². The second kappa shape index (κ2) is 6.42. The predicted molar refractivity (Wildman–Crippen MR) is 92.1 cm³/mol. The smallest absolute Gasteiger partial charge is 0.134 e. The maximum Gasteiger partial charge on any atom is 0.134 e. The summed E-state index contributed by atoms with van der Waals surface area (Å²) in [5, 5.41) is 18.1. The monoisotopic (exact) mass is 327 g/mol. The van der Waals surface area contributed by atoms with E-state index in [1.807, 2.05) is 48.7 Å². The largest absolute Gasteiger partial charge is 0.486 e. The van der Waals surface area contributed by atoms with Gasteiger partial charge in [-0.05, 0) is 42.5 Å². The molecule has 0 aliphatic carbocycles. The average molecular weight is 327 g/mol. The summed E-state index contributed by atoms with van der Waals surface area (Å²) in [6.45, 7) is 0.310. The maximum absolute atomic E-state index is 8.85. The number of fused-ring (bicyclic) bond motifs is 1. The first-order valence-corrected chi connectivity index (χ1v) is 7.72. The normalized spacial score (nSPS) is 10.5. The lowest BCUT2D eigenvalue weighted by atomic mass is 10.2. The molecule has 0 amide bonds. The maximum atomic E-state index is 8.85. The topological polar surface area (TPSA) is 76.6 Å². The number of rotatable bonds is 4. The van der Waals surface area contributed by atoms with Crippen LogP contribution in [0.4, 0.5) is 0 Å². The number of pyridine rings is 1. The highest BCUT2D eigenvalue weighted by molar-refractivity contribution is 5.84. The highest BCUT2D eigenvalue weighted by atomic mass is 16.5. The van der Waals surface area contributed by atoms with E-state index in [2.05, 4.69) is 21.4 Å². The van der Waals surface area contributed by atoms with E-state index < -0.39 is 0 Å². The molecule has 0 atom stereocenters. The zero-order valence-electron chi connectivity index (χ0n) is 13.2. The quantitative estimate of drug-likeness (QED) is 0.575. The minimum Gasteiger partial charge on any atom is -0.486 e. The van der Waals surface area contributed by atoms with Crippen LogP contribution < -0.4 is 4.74 Å². The van der Waals surface area contributed by atoms with Crippen LogP contribution in [-0.4, -0.2) is 20.0 Å². The van der Waals surface area contributed by atoms with Gasteiger partial charge in [0.1, 0.15) is 18.1 Å². The van der Waals surface area contributed by atoms with Crippen LogP contribution >= 0.6 is 0 Å². The van der Waals surface area contributed by atoms with Gasteiger partial charge in [-0.15, -0.1) is 5.10 Å². The summed E-state index contributed by atoms with van der Waals surface area (Å²) in [6, 6.07) is 18.9. The summed E-state index contributed by atoms with van der Waals surface area (Å²) in [7, 11) is 0. The summed E-state index contributed by atoms with van der Waals surface area (Å²) in [4.78, 5) is 4.32. The number of benzene rings is 2. The first-order chi connectivity index (χ1) is 12.3. The van der Waals surface area contributed by atoms with Gasteiger partial charge in [0.2, 0.25) is 0 Å². The molecule has 25 heavy (non-hydrogen) atoms. The third-order valence-electron chi connectivity index (χ3n) is 3.79. The first-order valence-electron chi connectivity index (χ1n) is 7.72. The van der Waals surface area contributed by atoms with Gasteiger partial charge >= 0.3 is 0 Å². The van der Waals surface area contributed by atoms with Gasteiger partial charge in [0.15, 0.2) is 0 Å². The molecule has 6 nitrogen and oxygen atoms in total. The second-order valence-corrected chi connectivity index (χ2v) is 5.43. The lowest BCUT2D eigenvalue weighted by Crippen LogP contribution is -1.97. The van der Waals surface area contributed by atoms with Crippen molar-refractivity contribution in [2.75, 3.05) is 0 Å². The molecule has 0 unspecified atom stereocenters. The van der Waals surface area contributed by atoms with Crippen molar-refractivity contribution in [2.45, 2.75) is 6.61 Å². The predicted octanol–water partition coefficient (Wildman–Crippen LogP) is 3.27. The molecule has 2 heterocycles. The molecule has 2 aromatic heterocycles. The van der Waals surface area contributed by atoms with Crippen molar-refractivity contribution in [3.05, 3.63) is 78.2 Å². The number of ether oxygens (including phenoxy) is 1. The first kappa shape index (κ1) is 14.8. The molecule has 4 rings (SSSR count). The standard InChI is InChI=1S/C19H13N5O/c20-11-14-5-7-16(8-6-14)24-12-15(22-23-24)13-25-19-9-10-21-18-4-2-1-3-17(18)19/h1-10,12H,13H2. The third-order valence-corrected chi connectivity index (χ3v) is 3.79. The fourth-order valence-corrected chi connectivity index (χ4v) is 2.53. The van der Waals surface area contributed by atoms with E-state index >= 15 is 0 Å². The van der Waals surface area contributed by atoms with Gasteiger partial charge in [-0.25, -0.2) is 4.68 Å². The Labute approximate surface area is 143 Å². The summed E-state index contributed by atoms with van der Waals surface area (Å²) in [5.74, 6) is 0.763. The van der Waals surface area contributed by atoms with Crippen LogP contribution in [0.3, 0.4) is 0 Å². The van der Waals surface area contributed by atoms with Crippen molar-refractivity contribution in [1.82, 2.24) is 20.0 Å². The van der Waals surface area contributed by atoms with E-state index in [1.165, 1.54) is 0 Å². The van der Waals surface area contributed by atoms with Crippen molar-refractivity contribution >= 4 is 10.9 Å². The zero-order chi connectivity index (χ0) is 17.1. The van der Waals surface area contributed by atoms with Gasteiger partial charge in [0.05, 0.1) is 29.0 Å². The van der Waals surface area contributed by atoms with E-state index in [0.717, 1.165) is 22.3 Å². The number of aromatic nitrogens is 4. The Morgan fingerprint density at radius 3 is 2.72 bits per heavy atom. The fraction of sp³-hybridized carbons (Fsp3) is 0.0526. The Balaban J connectivity index is 1.52. The highest BCUT2D eigenvalue weighted by Gasteiger charge is 2.06. The van der Waals surface area contributed by atoms with Crippen LogP contribution in [0, 0.1) is 11.3 Å². The van der Waals surface area contributed by atoms with Crippen LogP contribution in [0.15, 0.2) is 67.0 Å². The van der Waals surface area contributed by atoms with Crippen LogP contribution in [0.5, 0.6) is 5.75 Å². The van der Waals surface area contributed by atoms with E-state index in [-0.39, 0.29) is 0 Å². The molecule has 0 spiro atoms. The Morgan fingerprint density at radius 2 is 1.88 bits per heavy atom. The summed E-state index contributed by atoms with van der Waals surface area (Å²) < 4.78 is 7.55. The minimum atomic E-state index is 0.310. The Kier molecular flexibility index (Phi) is 3.81. The second-order valence-electron chi connectivity index (χ2n) is 5.43. The molecule has 6 heteroatoms. The highest BCUT2D eigenvalue weighted by Crippen LogP contribution is 2.24. The number of nitrogens with zero attached hydrogens (tertiary/aromatic N) is 5. The molecule has 0 fully saturated rings. The molecular weight excluding hydrogens is 314 g/mol. The van der Waals surface area contributed by atoms with E-state index in [9.17, 15) is 0 Å². The van der Waals surface area contributed by atoms with Crippen LogP contribution in [0.2, 0.25) is 0 Å². The van der Waals surface area contributed by atoms with Gasteiger partial charge in [-0.3, -0.25) is 4.98 Å². The SMILES string of the molecule is N#Cc1ccc(-n2cc(COc3ccnc4ccccc34)nn2)cc1. The molecule has 0 bridgehead atoms. The lowest BCUT2D eigenvalue weighted by Gasteiger charge is -2.06. The van der Waals surface area contributed by atoms with Crippen molar-refractivity contribution in [3.8, 4) is 17.5 Å². The van der Waals surface area contributed by atoms with Crippen LogP contribution in [0.25, 0.3) is 16.6 Å². The number of hydrogen-bond acceptors (Lipinski definition) is 5. The van der Waals surface area contributed by atoms with Gasteiger partial charge in [0, 0.05) is 11.6 Å². The van der Waals surface area contributed by atoms with E-state index in [1.54, 1.807) is 23.0 Å². The van der Waals surface area contributed by atoms with Gasteiger partial charge in [-0.1, -0.05) is 17.3 Å². The van der Waals surface area contributed by atoms with Gasteiger partial charge in [-0.2, -0.15) is 5.26 Å². The van der Waals surface area contributed by atoms with Crippen molar-refractivity contribution in [1.29, 1.82) is 5.26 Å². The molecule has 0 radical (unpaired) electrons. The summed E-state index contributed by atoms with van der Waals surface area (Å²) in [6.07, 6.45) is 3.54. The van der Waals surface area contributed by atoms with E-state index in [4.69, 9.17) is 10.00 Å². The number of para-hydroxylation sites is 1. The number of hydrogen-bond donors (Lipinski definition) is 0. The van der Waals surface area contributed by atoms with E-state index in [0.29, 0.717) is 17.9 Å². The molecule has 0 aliphatic heterocycles. The number of nitriles is 1. The van der Waals surface area contributed by atoms with Crippen molar-refractivity contribution in [2.24, 2.45) is 0 Å². The molecule has 0 saturated heterocycles. The third kappa shape index (κ3) is 3.03. The Bertz CT molecular complexity index is 1060. The lowest BCUT2D eigenvalue weighted by molar-refractivity contribution is 0.304. The molecule has 120 valence electrons. The minimum absolute atomic E-state index is 0.310. The molecule has 0 N–H and O–H groups in total. The van der Waals surface area contributed by atoms with Crippen molar-refractivity contribution in [3.63, 3.8) is 0 Å². The Hall–Kier alpha value is -3.72. The molecule has 0 saturated carbocycles. The molecular formula is C19H13N5O. The van der Waals surface area contributed by atoms with Crippen LogP contribution in [-0.2, 0) is 6.61 Å². The van der Waals surface area contributed by atoms with Crippen molar-refractivity contribution < 1.29 is 4.74 Å². The average Bonchev–Trinajstić information content (AvgIpc) is 3.15. The molecule has 2 aromatic carbocycles. The summed E-state index contributed by atoms with van der Waals surface area (Å²) >= 11 is 0.